The SMILES string of the molecule is O=C(CCCS)NCCCO[C@@H]1OC(CO)[C@@H](O[C@@H]2O[C@@H](CO)[C@H](O)C(O[C@H]3O[C@@H](CO)[C@H](O)C(O)C3O)C2O)[C@H](O)C1O. The Morgan fingerprint density at radius 2 is 1.18 bits per heavy atom. The van der Waals surface area contributed by atoms with Crippen LogP contribution in [0, 0.1) is 0 Å². The van der Waals surface area contributed by atoms with Crippen LogP contribution in [0.25, 0.3) is 0 Å². The summed E-state index contributed by atoms with van der Waals surface area (Å²) in [4.78, 5) is 11.7. The summed E-state index contributed by atoms with van der Waals surface area (Å²) in [6.07, 6.45) is -23.5. The Morgan fingerprint density at radius 1 is 0.636 bits per heavy atom. The van der Waals surface area contributed by atoms with Crippen LogP contribution < -0.4 is 5.32 Å². The van der Waals surface area contributed by atoms with E-state index in [1.165, 1.54) is 0 Å². The highest BCUT2D eigenvalue weighted by molar-refractivity contribution is 7.80. The maximum atomic E-state index is 11.7. The van der Waals surface area contributed by atoms with Gasteiger partial charge in [-0.25, -0.2) is 0 Å². The highest BCUT2D eigenvalue weighted by Gasteiger charge is 2.53. The van der Waals surface area contributed by atoms with Gasteiger partial charge in [0.2, 0.25) is 5.91 Å². The van der Waals surface area contributed by atoms with Crippen LogP contribution in [0.5, 0.6) is 0 Å². The standard InChI is InChI=1S/C25H45NO17S/c27-7-10-14(31)16(33)18(35)24(39-10)43-22-15(32)11(8-28)40-25(20(22)37)42-21-12(9-29)41-23(19(36)17(21)34)38-5-2-4-26-13(30)3-1-6-44/h10-12,14-25,27-29,31-37,44H,1-9H2,(H,26,30)/t10-,11-,12?,14-,15-,16?,17+,18?,19?,20?,21+,22?,23+,24+,25-/m0/s1. The van der Waals surface area contributed by atoms with Crippen molar-refractivity contribution < 1.29 is 84.3 Å². The number of carbonyl (C=O) groups is 1. The van der Waals surface area contributed by atoms with Crippen LogP contribution in [0.15, 0.2) is 0 Å². The zero-order valence-corrected chi connectivity index (χ0v) is 24.7. The molecule has 44 heavy (non-hydrogen) atoms. The first-order chi connectivity index (χ1) is 21.0. The van der Waals surface area contributed by atoms with Gasteiger partial charge in [0.25, 0.3) is 0 Å². The minimum absolute atomic E-state index is 0.0163. The summed E-state index contributed by atoms with van der Waals surface area (Å²) in [6.45, 7) is -2.02. The number of hydrogen-bond acceptors (Lipinski definition) is 18. The fourth-order valence-corrected chi connectivity index (χ4v) is 5.16. The van der Waals surface area contributed by atoms with Crippen molar-refractivity contribution in [2.24, 2.45) is 0 Å². The van der Waals surface area contributed by atoms with Gasteiger partial charge in [-0.3, -0.25) is 4.79 Å². The Kier molecular flexibility index (Phi) is 15.3. The molecule has 3 aliphatic heterocycles. The van der Waals surface area contributed by atoms with E-state index in [1.807, 2.05) is 0 Å². The molecule has 1 amide bonds. The molecular formula is C25H45NO17S. The van der Waals surface area contributed by atoms with E-state index in [0.717, 1.165) is 0 Å². The molecule has 3 aliphatic rings. The molecule has 3 saturated heterocycles. The van der Waals surface area contributed by atoms with E-state index >= 15 is 0 Å². The van der Waals surface area contributed by atoms with Gasteiger partial charge in [0.05, 0.1) is 26.4 Å². The van der Waals surface area contributed by atoms with Crippen molar-refractivity contribution in [2.45, 2.75) is 111 Å². The maximum Gasteiger partial charge on any atom is 0.220 e. The first kappa shape index (κ1) is 37.6. The summed E-state index contributed by atoms with van der Waals surface area (Å²) in [7, 11) is 0. The first-order valence-electron chi connectivity index (χ1n) is 14.3. The van der Waals surface area contributed by atoms with Crippen LogP contribution in [0.3, 0.4) is 0 Å². The number of carbonyl (C=O) groups excluding carboxylic acids is 1. The molecule has 0 saturated carbocycles. The highest BCUT2D eigenvalue weighted by Crippen LogP contribution is 2.32. The van der Waals surface area contributed by atoms with E-state index in [2.05, 4.69) is 17.9 Å². The van der Waals surface area contributed by atoms with Gasteiger partial charge in [-0.1, -0.05) is 0 Å². The molecule has 15 atom stereocenters. The Balaban J connectivity index is 1.62. The smallest absolute Gasteiger partial charge is 0.220 e. The van der Waals surface area contributed by atoms with Crippen molar-refractivity contribution in [3.05, 3.63) is 0 Å². The molecule has 11 N–H and O–H groups in total. The highest BCUT2D eigenvalue weighted by atomic mass is 32.1. The molecule has 0 bridgehead atoms. The lowest BCUT2D eigenvalue weighted by molar-refractivity contribution is -0.380. The van der Waals surface area contributed by atoms with Gasteiger partial charge in [0, 0.05) is 13.0 Å². The zero-order valence-electron chi connectivity index (χ0n) is 23.8. The van der Waals surface area contributed by atoms with Gasteiger partial charge in [-0.15, -0.1) is 0 Å². The van der Waals surface area contributed by atoms with Gasteiger partial charge in [0.15, 0.2) is 18.9 Å². The molecular weight excluding hydrogens is 618 g/mol. The molecule has 0 aliphatic carbocycles. The lowest BCUT2D eigenvalue weighted by Crippen LogP contribution is -2.66. The van der Waals surface area contributed by atoms with E-state index < -0.39 is 112 Å². The summed E-state index contributed by atoms with van der Waals surface area (Å²) in [5, 5.41) is 105. The van der Waals surface area contributed by atoms with Crippen molar-refractivity contribution in [3.63, 3.8) is 0 Å². The predicted octanol–water partition coefficient (Wildman–Crippen LogP) is -6.33. The lowest BCUT2D eigenvalue weighted by Gasteiger charge is -2.48. The normalized spacial score (nSPS) is 43.1. The third-order valence-electron chi connectivity index (χ3n) is 7.56. The van der Waals surface area contributed by atoms with Crippen LogP contribution in [0.4, 0.5) is 0 Å². The van der Waals surface area contributed by atoms with Crippen molar-refractivity contribution in [1.29, 1.82) is 0 Å². The molecule has 258 valence electrons. The molecule has 0 aromatic rings. The van der Waals surface area contributed by atoms with Crippen molar-refractivity contribution in [2.75, 3.05) is 38.7 Å². The van der Waals surface area contributed by atoms with Gasteiger partial charge < -0.3 is 84.8 Å². The number of ether oxygens (including phenoxy) is 6. The molecule has 6 unspecified atom stereocenters. The topological polar surface area (TPSA) is 287 Å². The average Bonchev–Trinajstić information content (AvgIpc) is 3.02. The largest absolute Gasteiger partial charge is 0.394 e. The Morgan fingerprint density at radius 3 is 1.80 bits per heavy atom. The second-order valence-electron chi connectivity index (χ2n) is 10.7. The van der Waals surface area contributed by atoms with Crippen LogP contribution in [-0.4, -0.2) is 188 Å². The van der Waals surface area contributed by atoms with E-state index in [1.54, 1.807) is 0 Å². The summed E-state index contributed by atoms with van der Waals surface area (Å²) in [6, 6.07) is 0. The first-order valence-corrected chi connectivity index (χ1v) is 15.0. The van der Waals surface area contributed by atoms with Crippen molar-refractivity contribution >= 4 is 18.5 Å². The Hall–Kier alpha value is -0.820. The number of nitrogens with one attached hydrogen (secondary N) is 1. The number of amides is 1. The quantitative estimate of drug-likeness (QED) is 0.0573. The molecule has 0 aromatic carbocycles. The number of thiol groups is 1. The minimum atomic E-state index is -1.92. The second-order valence-corrected chi connectivity index (χ2v) is 11.2. The fraction of sp³-hybridized carbons (Fsp3) is 0.960. The maximum absolute atomic E-state index is 11.7. The molecule has 19 heteroatoms. The van der Waals surface area contributed by atoms with Crippen LogP contribution in [0.1, 0.15) is 19.3 Å². The number of aliphatic hydroxyl groups excluding tert-OH is 10. The third-order valence-corrected chi connectivity index (χ3v) is 7.88. The van der Waals surface area contributed by atoms with Gasteiger partial charge in [-0.2, -0.15) is 12.6 Å². The number of aliphatic hydroxyl groups is 10. The van der Waals surface area contributed by atoms with Crippen molar-refractivity contribution in [1.82, 2.24) is 5.32 Å². The Bertz CT molecular complexity index is 859. The van der Waals surface area contributed by atoms with E-state index in [9.17, 15) is 55.9 Å². The van der Waals surface area contributed by atoms with E-state index in [-0.39, 0.29) is 19.1 Å². The Labute approximate surface area is 258 Å². The average molecular weight is 664 g/mol. The molecule has 3 heterocycles. The number of hydrogen-bond donors (Lipinski definition) is 12. The predicted molar refractivity (Wildman–Crippen MR) is 146 cm³/mol. The van der Waals surface area contributed by atoms with Gasteiger partial charge in [0.1, 0.15) is 73.2 Å². The third kappa shape index (κ3) is 9.16. The minimum Gasteiger partial charge on any atom is -0.394 e. The second kappa shape index (κ2) is 17.9. The van der Waals surface area contributed by atoms with Crippen LogP contribution in [-0.2, 0) is 33.2 Å². The van der Waals surface area contributed by atoms with Crippen LogP contribution >= 0.6 is 12.6 Å². The lowest BCUT2D eigenvalue weighted by atomic mass is 9.96. The van der Waals surface area contributed by atoms with Crippen LogP contribution in [0.2, 0.25) is 0 Å². The van der Waals surface area contributed by atoms with E-state index in [0.29, 0.717) is 25.0 Å². The molecule has 0 aromatic heterocycles. The molecule has 0 spiro atoms. The van der Waals surface area contributed by atoms with Gasteiger partial charge in [-0.05, 0) is 18.6 Å². The zero-order chi connectivity index (χ0) is 32.6. The fourth-order valence-electron chi connectivity index (χ4n) is 5.00. The molecule has 0 radical (unpaired) electrons. The number of rotatable bonds is 15. The molecule has 3 rings (SSSR count). The van der Waals surface area contributed by atoms with Crippen molar-refractivity contribution in [3.8, 4) is 0 Å². The van der Waals surface area contributed by atoms with Gasteiger partial charge >= 0.3 is 0 Å². The van der Waals surface area contributed by atoms with E-state index in [4.69, 9.17) is 28.4 Å². The summed E-state index contributed by atoms with van der Waals surface area (Å²) < 4.78 is 33.0. The molecule has 18 nitrogen and oxygen atoms in total. The monoisotopic (exact) mass is 663 g/mol. The molecule has 3 fully saturated rings. The summed E-state index contributed by atoms with van der Waals surface area (Å²) >= 11 is 4.05. The summed E-state index contributed by atoms with van der Waals surface area (Å²) in [5.74, 6) is 0.436. The summed E-state index contributed by atoms with van der Waals surface area (Å²) in [5.41, 5.74) is 0.